The van der Waals surface area contributed by atoms with Gasteiger partial charge in [0.15, 0.2) is 11.6 Å². The second kappa shape index (κ2) is 3.58. The maximum atomic E-state index is 13.0. The number of hydrogen-bond donors (Lipinski definition) is 2. The molecule has 0 saturated carbocycles. The fraction of sp³-hybridized carbons (Fsp3) is 0.455. The van der Waals surface area contributed by atoms with Gasteiger partial charge in [0.2, 0.25) is 0 Å². The van der Waals surface area contributed by atoms with Crippen molar-refractivity contribution in [3.05, 3.63) is 29.6 Å². The second-order valence-corrected chi connectivity index (χ2v) is 4.55. The molecule has 0 saturated heterocycles. The van der Waals surface area contributed by atoms with E-state index in [2.05, 4.69) is 0 Å². The van der Waals surface area contributed by atoms with Crippen LogP contribution in [0.1, 0.15) is 32.4 Å². The summed E-state index contributed by atoms with van der Waals surface area (Å²) in [5.74, 6) is -0.961. The topological polar surface area (TPSA) is 46.2 Å². The Bertz CT molecular complexity index is 331. The van der Waals surface area contributed by atoms with Gasteiger partial charge < -0.3 is 10.8 Å². The minimum Gasteiger partial charge on any atom is -0.505 e. The minimum absolute atomic E-state index is 0.122. The quantitative estimate of drug-likeness (QED) is 0.726. The lowest BCUT2D eigenvalue weighted by Crippen LogP contribution is -2.26. The fourth-order valence-corrected chi connectivity index (χ4v) is 1.22. The molecule has 0 aliphatic heterocycles. The largest absolute Gasteiger partial charge is 0.505 e. The Balaban J connectivity index is 3.03. The molecule has 1 atom stereocenters. The Morgan fingerprint density at radius 3 is 2.36 bits per heavy atom. The molecule has 3 heteroatoms. The highest BCUT2D eigenvalue weighted by Gasteiger charge is 2.22. The summed E-state index contributed by atoms with van der Waals surface area (Å²) in [6.45, 7) is 5.97. The molecule has 0 fully saturated rings. The van der Waals surface area contributed by atoms with Crippen LogP contribution in [-0.4, -0.2) is 5.11 Å². The van der Waals surface area contributed by atoms with Crippen LogP contribution >= 0.6 is 0 Å². The van der Waals surface area contributed by atoms with Crippen molar-refractivity contribution in [1.82, 2.24) is 0 Å². The van der Waals surface area contributed by atoms with E-state index in [1.54, 1.807) is 6.07 Å². The van der Waals surface area contributed by atoms with Gasteiger partial charge in [-0.05, 0) is 23.1 Å². The van der Waals surface area contributed by atoms with Gasteiger partial charge >= 0.3 is 0 Å². The first-order valence-electron chi connectivity index (χ1n) is 4.56. The number of phenols is 1. The predicted molar refractivity (Wildman–Crippen MR) is 54.4 cm³/mol. The van der Waals surface area contributed by atoms with Crippen molar-refractivity contribution in [3.8, 4) is 5.75 Å². The van der Waals surface area contributed by atoms with Crippen molar-refractivity contribution >= 4 is 0 Å². The molecule has 14 heavy (non-hydrogen) atoms. The Labute approximate surface area is 83.6 Å². The molecular formula is C11H16FNO. The molecule has 0 amide bonds. The van der Waals surface area contributed by atoms with Crippen molar-refractivity contribution in [1.29, 1.82) is 0 Å². The number of aromatic hydroxyl groups is 1. The van der Waals surface area contributed by atoms with E-state index in [-0.39, 0.29) is 17.2 Å². The molecule has 0 aliphatic rings. The summed E-state index contributed by atoms with van der Waals surface area (Å²) in [6, 6.07) is 4.02. The minimum atomic E-state index is -0.623. The first-order chi connectivity index (χ1) is 6.32. The molecule has 0 bridgehead atoms. The second-order valence-electron chi connectivity index (χ2n) is 4.55. The highest BCUT2D eigenvalue weighted by atomic mass is 19.1. The maximum Gasteiger partial charge on any atom is 0.165 e. The van der Waals surface area contributed by atoms with Crippen molar-refractivity contribution in [2.75, 3.05) is 0 Å². The van der Waals surface area contributed by atoms with Crippen LogP contribution in [0.2, 0.25) is 0 Å². The van der Waals surface area contributed by atoms with E-state index in [0.717, 1.165) is 0 Å². The number of rotatable bonds is 1. The Morgan fingerprint density at radius 2 is 1.93 bits per heavy atom. The van der Waals surface area contributed by atoms with Gasteiger partial charge in [0.1, 0.15) is 0 Å². The van der Waals surface area contributed by atoms with Gasteiger partial charge in [0, 0.05) is 6.04 Å². The van der Waals surface area contributed by atoms with Gasteiger partial charge in [-0.2, -0.15) is 0 Å². The van der Waals surface area contributed by atoms with Gasteiger partial charge in [-0.1, -0.05) is 26.8 Å². The number of phenolic OH excluding ortho intramolecular Hbond substituents is 1. The summed E-state index contributed by atoms with van der Waals surface area (Å²) in [6.07, 6.45) is 0. The van der Waals surface area contributed by atoms with E-state index in [9.17, 15) is 4.39 Å². The van der Waals surface area contributed by atoms with E-state index in [4.69, 9.17) is 10.8 Å². The van der Waals surface area contributed by atoms with Crippen LogP contribution in [0.5, 0.6) is 5.75 Å². The third-order valence-corrected chi connectivity index (χ3v) is 2.26. The summed E-state index contributed by atoms with van der Waals surface area (Å²) >= 11 is 0. The van der Waals surface area contributed by atoms with E-state index in [1.165, 1.54) is 12.1 Å². The average Bonchev–Trinajstić information content (AvgIpc) is 2.07. The highest BCUT2D eigenvalue weighted by Crippen LogP contribution is 2.31. The lowest BCUT2D eigenvalue weighted by Gasteiger charge is -2.27. The number of hydrogen-bond acceptors (Lipinski definition) is 2. The van der Waals surface area contributed by atoms with Crippen molar-refractivity contribution in [3.63, 3.8) is 0 Å². The van der Waals surface area contributed by atoms with Crippen LogP contribution in [0, 0.1) is 11.2 Å². The molecular weight excluding hydrogens is 181 g/mol. The van der Waals surface area contributed by atoms with Crippen LogP contribution in [-0.2, 0) is 0 Å². The Hall–Kier alpha value is -1.09. The molecule has 2 nitrogen and oxygen atoms in total. The van der Waals surface area contributed by atoms with Crippen LogP contribution in [0.4, 0.5) is 4.39 Å². The average molecular weight is 197 g/mol. The van der Waals surface area contributed by atoms with Crippen LogP contribution in [0.25, 0.3) is 0 Å². The van der Waals surface area contributed by atoms with E-state index in [0.29, 0.717) is 5.56 Å². The zero-order valence-corrected chi connectivity index (χ0v) is 8.71. The van der Waals surface area contributed by atoms with Crippen LogP contribution in [0.3, 0.4) is 0 Å². The van der Waals surface area contributed by atoms with Gasteiger partial charge in [-0.3, -0.25) is 0 Å². The summed E-state index contributed by atoms with van der Waals surface area (Å²) < 4.78 is 13.0. The Morgan fingerprint density at radius 1 is 1.36 bits per heavy atom. The van der Waals surface area contributed by atoms with Gasteiger partial charge in [-0.15, -0.1) is 0 Å². The maximum absolute atomic E-state index is 13.0. The smallest absolute Gasteiger partial charge is 0.165 e. The molecule has 1 rings (SSSR count). The first-order valence-corrected chi connectivity index (χ1v) is 4.56. The highest BCUT2D eigenvalue weighted by molar-refractivity contribution is 5.30. The van der Waals surface area contributed by atoms with Crippen molar-refractivity contribution in [2.45, 2.75) is 26.8 Å². The third kappa shape index (κ3) is 2.23. The van der Waals surface area contributed by atoms with Crippen LogP contribution in [0.15, 0.2) is 18.2 Å². The molecule has 0 aromatic heterocycles. The number of benzene rings is 1. The molecule has 1 unspecified atom stereocenters. The molecule has 0 heterocycles. The lowest BCUT2D eigenvalue weighted by atomic mass is 9.83. The molecule has 0 aliphatic carbocycles. The van der Waals surface area contributed by atoms with Crippen molar-refractivity contribution in [2.24, 2.45) is 11.1 Å². The van der Waals surface area contributed by atoms with Crippen LogP contribution < -0.4 is 5.73 Å². The molecule has 1 aromatic carbocycles. The van der Waals surface area contributed by atoms with Gasteiger partial charge in [-0.25, -0.2) is 4.39 Å². The molecule has 0 spiro atoms. The molecule has 1 aromatic rings. The Kier molecular flexibility index (Phi) is 2.81. The number of nitrogens with two attached hydrogens (primary N) is 1. The monoisotopic (exact) mass is 197 g/mol. The third-order valence-electron chi connectivity index (χ3n) is 2.26. The summed E-state index contributed by atoms with van der Waals surface area (Å²) in [7, 11) is 0. The van der Waals surface area contributed by atoms with Gasteiger partial charge in [0.25, 0.3) is 0 Å². The zero-order valence-electron chi connectivity index (χ0n) is 8.71. The SMILES string of the molecule is CC(C)(C)C(N)c1ccc(O)c(F)c1. The molecule has 0 radical (unpaired) electrons. The van der Waals surface area contributed by atoms with Crippen molar-refractivity contribution < 1.29 is 9.50 Å². The van der Waals surface area contributed by atoms with E-state index >= 15 is 0 Å². The molecule has 78 valence electrons. The van der Waals surface area contributed by atoms with E-state index in [1.807, 2.05) is 20.8 Å². The summed E-state index contributed by atoms with van der Waals surface area (Å²) in [5, 5.41) is 9.01. The fourth-order valence-electron chi connectivity index (χ4n) is 1.22. The van der Waals surface area contributed by atoms with Gasteiger partial charge in [0.05, 0.1) is 0 Å². The zero-order chi connectivity index (χ0) is 10.9. The number of halogens is 1. The lowest BCUT2D eigenvalue weighted by molar-refractivity contribution is 0.325. The van der Waals surface area contributed by atoms with E-state index < -0.39 is 5.82 Å². The molecule has 3 N–H and O–H groups in total. The predicted octanol–water partition coefficient (Wildman–Crippen LogP) is 2.58. The summed E-state index contributed by atoms with van der Waals surface area (Å²) in [4.78, 5) is 0. The summed E-state index contributed by atoms with van der Waals surface area (Å²) in [5.41, 5.74) is 6.52. The normalized spacial score (nSPS) is 14.1. The first kappa shape index (κ1) is 11.0. The standard InChI is InChI=1S/C11H16FNO/c1-11(2,3)10(13)7-4-5-9(14)8(12)6-7/h4-6,10,14H,13H2,1-3H3.